The standard InChI is InChI=1S/C21H13F6NO2/c22-20(23,24)15-5-1-12(2-6-15)18-14(11-17(29)30)9-10-28-19(18)13-3-7-16(8-4-13)21(25,26)27/h1-10H,11H2,(H,29,30). The van der Waals surface area contributed by atoms with Gasteiger partial charge in [-0.3, -0.25) is 9.78 Å². The van der Waals surface area contributed by atoms with E-state index in [1.165, 1.54) is 36.5 Å². The highest BCUT2D eigenvalue weighted by Gasteiger charge is 2.31. The van der Waals surface area contributed by atoms with Crippen LogP contribution in [-0.4, -0.2) is 16.1 Å². The Labute approximate surface area is 166 Å². The molecule has 3 aromatic rings. The minimum Gasteiger partial charge on any atom is -0.481 e. The van der Waals surface area contributed by atoms with Gasteiger partial charge in [0, 0.05) is 17.3 Å². The summed E-state index contributed by atoms with van der Waals surface area (Å²) in [6.07, 6.45) is -8.22. The Bertz CT molecular complexity index is 1050. The van der Waals surface area contributed by atoms with E-state index in [1.54, 1.807) is 0 Å². The number of nitrogens with zero attached hydrogens (tertiary/aromatic N) is 1. The largest absolute Gasteiger partial charge is 0.481 e. The molecule has 0 saturated carbocycles. The molecule has 0 unspecified atom stereocenters. The summed E-state index contributed by atoms with van der Waals surface area (Å²) in [7, 11) is 0. The average molecular weight is 425 g/mol. The number of halogens is 6. The van der Waals surface area contributed by atoms with Crippen LogP contribution in [0.1, 0.15) is 16.7 Å². The third kappa shape index (κ3) is 4.61. The highest BCUT2D eigenvalue weighted by atomic mass is 19.4. The summed E-state index contributed by atoms with van der Waals surface area (Å²) in [5.41, 5.74) is -0.537. The van der Waals surface area contributed by atoms with Crippen molar-refractivity contribution in [3.8, 4) is 22.4 Å². The molecule has 0 fully saturated rings. The van der Waals surface area contributed by atoms with Gasteiger partial charge in [-0.05, 0) is 41.5 Å². The Balaban J connectivity index is 2.16. The third-order valence-electron chi connectivity index (χ3n) is 4.37. The molecule has 30 heavy (non-hydrogen) atoms. The van der Waals surface area contributed by atoms with Crippen molar-refractivity contribution in [2.75, 3.05) is 0 Å². The van der Waals surface area contributed by atoms with E-state index < -0.39 is 35.9 Å². The Morgan fingerprint density at radius 2 is 1.23 bits per heavy atom. The predicted molar refractivity (Wildman–Crippen MR) is 96.5 cm³/mol. The smallest absolute Gasteiger partial charge is 0.416 e. The van der Waals surface area contributed by atoms with Crippen molar-refractivity contribution in [1.82, 2.24) is 4.98 Å². The van der Waals surface area contributed by atoms with E-state index >= 15 is 0 Å². The lowest BCUT2D eigenvalue weighted by atomic mass is 9.92. The Kier molecular flexibility index (Phi) is 5.56. The molecule has 0 atom stereocenters. The number of aromatic nitrogens is 1. The van der Waals surface area contributed by atoms with E-state index in [9.17, 15) is 36.2 Å². The number of carboxylic acids is 1. The number of rotatable bonds is 4. The molecule has 1 aromatic heterocycles. The molecule has 0 aliphatic carbocycles. The zero-order valence-electron chi connectivity index (χ0n) is 15.1. The summed E-state index contributed by atoms with van der Waals surface area (Å²) < 4.78 is 77.1. The van der Waals surface area contributed by atoms with Crippen LogP contribution in [0.2, 0.25) is 0 Å². The molecule has 156 valence electrons. The molecule has 0 amide bonds. The second-order valence-electron chi connectivity index (χ2n) is 6.41. The zero-order valence-corrected chi connectivity index (χ0v) is 15.1. The van der Waals surface area contributed by atoms with E-state index in [0.29, 0.717) is 0 Å². The quantitative estimate of drug-likeness (QED) is 0.516. The Morgan fingerprint density at radius 3 is 1.67 bits per heavy atom. The van der Waals surface area contributed by atoms with Crippen LogP contribution in [0.3, 0.4) is 0 Å². The Morgan fingerprint density at radius 1 is 0.767 bits per heavy atom. The first-order valence-corrected chi connectivity index (χ1v) is 8.52. The lowest BCUT2D eigenvalue weighted by molar-refractivity contribution is -0.138. The second-order valence-corrected chi connectivity index (χ2v) is 6.41. The summed E-state index contributed by atoms with van der Waals surface area (Å²) in [5, 5.41) is 9.18. The zero-order chi connectivity index (χ0) is 22.1. The number of hydrogen-bond acceptors (Lipinski definition) is 2. The van der Waals surface area contributed by atoms with Crippen LogP contribution in [0, 0.1) is 0 Å². The van der Waals surface area contributed by atoms with Gasteiger partial charge in [0.25, 0.3) is 0 Å². The molecular formula is C21H13F6NO2. The number of aliphatic carboxylic acids is 1. The monoisotopic (exact) mass is 425 g/mol. The van der Waals surface area contributed by atoms with Gasteiger partial charge in [0.15, 0.2) is 0 Å². The summed E-state index contributed by atoms with van der Waals surface area (Å²) in [6, 6.07) is 9.56. The number of carbonyl (C=O) groups is 1. The Hall–Kier alpha value is -3.36. The molecule has 1 N–H and O–H groups in total. The maximum absolute atomic E-state index is 12.9. The van der Waals surface area contributed by atoms with Crippen molar-refractivity contribution in [2.45, 2.75) is 18.8 Å². The molecule has 9 heteroatoms. The molecule has 0 saturated heterocycles. The van der Waals surface area contributed by atoms with Gasteiger partial charge in [0.2, 0.25) is 0 Å². The van der Waals surface area contributed by atoms with Crippen molar-refractivity contribution in [2.24, 2.45) is 0 Å². The van der Waals surface area contributed by atoms with Crippen molar-refractivity contribution in [3.05, 3.63) is 77.5 Å². The molecule has 3 rings (SSSR count). The van der Waals surface area contributed by atoms with Crippen molar-refractivity contribution < 1.29 is 36.2 Å². The topological polar surface area (TPSA) is 50.2 Å². The summed E-state index contributed by atoms with van der Waals surface area (Å²) in [6.45, 7) is 0. The van der Waals surface area contributed by atoms with E-state index in [4.69, 9.17) is 0 Å². The molecule has 0 radical (unpaired) electrons. The van der Waals surface area contributed by atoms with E-state index in [-0.39, 0.29) is 27.9 Å². The molecule has 1 heterocycles. The minimum atomic E-state index is -4.55. The minimum absolute atomic E-state index is 0.169. The highest BCUT2D eigenvalue weighted by Crippen LogP contribution is 2.37. The van der Waals surface area contributed by atoms with Crippen LogP contribution in [0.25, 0.3) is 22.4 Å². The van der Waals surface area contributed by atoms with E-state index in [1.807, 2.05) is 0 Å². The number of benzene rings is 2. The number of alkyl halides is 6. The third-order valence-corrected chi connectivity index (χ3v) is 4.37. The van der Waals surface area contributed by atoms with E-state index in [2.05, 4.69) is 4.98 Å². The summed E-state index contributed by atoms with van der Waals surface area (Å²) >= 11 is 0. The predicted octanol–water partition coefficient (Wildman–Crippen LogP) is 6.08. The lowest BCUT2D eigenvalue weighted by Crippen LogP contribution is -2.06. The van der Waals surface area contributed by atoms with Crippen molar-refractivity contribution in [3.63, 3.8) is 0 Å². The van der Waals surface area contributed by atoms with Gasteiger partial charge in [-0.2, -0.15) is 26.3 Å². The first kappa shape index (κ1) is 21.4. The molecule has 0 bridgehead atoms. The molecule has 0 spiro atoms. The van der Waals surface area contributed by atoms with Crippen LogP contribution in [0.4, 0.5) is 26.3 Å². The van der Waals surface area contributed by atoms with Crippen molar-refractivity contribution in [1.29, 1.82) is 0 Å². The van der Waals surface area contributed by atoms with Gasteiger partial charge in [0.05, 0.1) is 23.2 Å². The fourth-order valence-corrected chi connectivity index (χ4v) is 3.00. The fourth-order valence-electron chi connectivity index (χ4n) is 3.00. The second kappa shape index (κ2) is 7.81. The molecule has 3 nitrogen and oxygen atoms in total. The highest BCUT2D eigenvalue weighted by molar-refractivity contribution is 5.86. The maximum Gasteiger partial charge on any atom is 0.416 e. The van der Waals surface area contributed by atoms with Crippen LogP contribution in [0.15, 0.2) is 60.8 Å². The summed E-state index contributed by atoms with van der Waals surface area (Å²) in [5.74, 6) is -1.17. The normalized spacial score (nSPS) is 12.1. The van der Waals surface area contributed by atoms with Crippen LogP contribution >= 0.6 is 0 Å². The van der Waals surface area contributed by atoms with Gasteiger partial charge in [-0.15, -0.1) is 0 Å². The number of pyridine rings is 1. The van der Waals surface area contributed by atoms with Gasteiger partial charge in [0.1, 0.15) is 0 Å². The molecule has 0 aliphatic heterocycles. The van der Waals surface area contributed by atoms with Crippen LogP contribution in [-0.2, 0) is 23.6 Å². The van der Waals surface area contributed by atoms with Crippen molar-refractivity contribution >= 4 is 5.97 Å². The molecule has 0 aliphatic rings. The van der Waals surface area contributed by atoms with E-state index in [0.717, 1.165) is 24.3 Å². The molecule has 2 aromatic carbocycles. The number of hydrogen-bond donors (Lipinski definition) is 1. The van der Waals surface area contributed by atoms with Crippen LogP contribution < -0.4 is 0 Å². The van der Waals surface area contributed by atoms with Crippen LogP contribution in [0.5, 0.6) is 0 Å². The SMILES string of the molecule is O=C(O)Cc1ccnc(-c2ccc(C(F)(F)F)cc2)c1-c1ccc(C(F)(F)F)cc1. The van der Waals surface area contributed by atoms with Gasteiger partial charge >= 0.3 is 18.3 Å². The van der Waals surface area contributed by atoms with Gasteiger partial charge in [-0.1, -0.05) is 24.3 Å². The first-order chi connectivity index (χ1) is 14.0. The fraction of sp³-hybridized carbons (Fsp3) is 0.143. The maximum atomic E-state index is 12.9. The average Bonchev–Trinajstić information content (AvgIpc) is 2.66. The first-order valence-electron chi connectivity index (χ1n) is 8.52. The number of carboxylic acid groups (broad SMARTS) is 1. The molecular weight excluding hydrogens is 412 g/mol. The summed E-state index contributed by atoms with van der Waals surface area (Å²) in [4.78, 5) is 15.4. The lowest BCUT2D eigenvalue weighted by Gasteiger charge is -2.15. The van der Waals surface area contributed by atoms with Gasteiger partial charge in [-0.25, -0.2) is 0 Å². The van der Waals surface area contributed by atoms with Gasteiger partial charge < -0.3 is 5.11 Å².